The van der Waals surface area contributed by atoms with Gasteiger partial charge in [0.2, 0.25) is 0 Å². The molecule has 1 N–H and O–H groups in total. The highest BCUT2D eigenvalue weighted by Crippen LogP contribution is 2.21. The monoisotopic (exact) mass is 147 g/mol. The van der Waals surface area contributed by atoms with E-state index in [9.17, 15) is 5.11 Å². The highest BCUT2D eigenvalue weighted by Gasteiger charge is 2.14. The van der Waals surface area contributed by atoms with Crippen LogP contribution in [-0.4, -0.2) is 11.2 Å². The third kappa shape index (κ3) is 1.29. The lowest BCUT2D eigenvalue weighted by Crippen LogP contribution is -2.16. The van der Waals surface area contributed by atoms with Crippen LogP contribution in [0.1, 0.15) is 17.5 Å². The Labute approximate surface area is 66.7 Å². The molecular weight excluding hydrogens is 136 g/mol. The number of hydrogen-bond acceptors (Lipinski definition) is 1. The molecule has 11 heavy (non-hydrogen) atoms. The minimum absolute atomic E-state index is 0.162. The van der Waals surface area contributed by atoms with Crippen LogP contribution in [0.5, 0.6) is 0 Å². The van der Waals surface area contributed by atoms with Crippen molar-refractivity contribution in [2.75, 3.05) is 0 Å². The van der Waals surface area contributed by atoms with Gasteiger partial charge in [0.05, 0.1) is 6.10 Å². The molecule has 0 saturated carbocycles. The van der Waals surface area contributed by atoms with Gasteiger partial charge in [0.1, 0.15) is 0 Å². The summed E-state index contributed by atoms with van der Waals surface area (Å²) in [5, 5.41) is 9.32. The Morgan fingerprint density at radius 3 is 3.00 bits per heavy atom. The largest absolute Gasteiger partial charge is 0.393 e. The van der Waals surface area contributed by atoms with E-state index in [0.29, 0.717) is 0 Å². The van der Waals surface area contributed by atoms with Gasteiger partial charge in [-0.05, 0) is 30.4 Å². The summed E-state index contributed by atoms with van der Waals surface area (Å²) in [5.41, 5.74) is 2.56. The van der Waals surface area contributed by atoms with E-state index in [1.165, 1.54) is 11.1 Å². The summed E-state index contributed by atoms with van der Waals surface area (Å²) in [6.07, 6.45) is 3.55. The van der Waals surface area contributed by atoms with Gasteiger partial charge in [0.25, 0.3) is 0 Å². The highest BCUT2D eigenvalue weighted by atomic mass is 16.3. The fraction of sp³-hybridized carbons (Fsp3) is 0.300. The zero-order valence-corrected chi connectivity index (χ0v) is 6.33. The molecule has 0 aromatic heterocycles. The van der Waals surface area contributed by atoms with Gasteiger partial charge in [-0.1, -0.05) is 24.3 Å². The van der Waals surface area contributed by atoms with Crippen LogP contribution in [0.3, 0.4) is 0 Å². The molecule has 1 radical (unpaired) electrons. The Morgan fingerprint density at radius 2 is 2.09 bits per heavy atom. The van der Waals surface area contributed by atoms with Crippen LogP contribution in [0.15, 0.2) is 24.3 Å². The topological polar surface area (TPSA) is 20.2 Å². The first-order valence-electron chi connectivity index (χ1n) is 3.95. The quantitative estimate of drug-likeness (QED) is 0.590. The molecule has 0 fully saturated rings. The van der Waals surface area contributed by atoms with Gasteiger partial charge in [-0.15, -0.1) is 0 Å². The van der Waals surface area contributed by atoms with Crippen LogP contribution >= 0.6 is 0 Å². The number of aliphatic hydroxyl groups excluding tert-OH is 1. The van der Waals surface area contributed by atoms with Gasteiger partial charge >= 0.3 is 0 Å². The molecule has 0 amide bonds. The molecule has 0 bridgehead atoms. The smallest absolute Gasteiger partial charge is 0.0586 e. The van der Waals surface area contributed by atoms with Crippen LogP contribution in [-0.2, 0) is 6.42 Å². The SMILES string of the molecule is OC1C[CH]c2ccccc2C1. The average molecular weight is 147 g/mol. The summed E-state index contributed by atoms with van der Waals surface area (Å²) < 4.78 is 0. The van der Waals surface area contributed by atoms with Crippen molar-refractivity contribution in [2.45, 2.75) is 18.9 Å². The summed E-state index contributed by atoms with van der Waals surface area (Å²) in [7, 11) is 0. The standard InChI is InChI=1S/C10H11O/c11-10-6-5-8-3-1-2-4-9(8)7-10/h1-5,10-11H,6-7H2. The molecule has 57 valence electrons. The predicted molar refractivity (Wildman–Crippen MR) is 44.2 cm³/mol. The fourth-order valence-electron chi connectivity index (χ4n) is 1.52. The molecular formula is C10H11O. The van der Waals surface area contributed by atoms with Crippen LogP contribution in [0, 0.1) is 6.42 Å². The number of benzene rings is 1. The van der Waals surface area contributed by atoms with E-state index in [0.717, 1.165) is 12.8 Å². The minimum atomic E-state index is -0.162. The van der Waals surface area contributed by atoms with Gasteiger partial charge < -0.3 is 5.11 Å². The Balaban J connectivity index is 2.34. The van der Waals surface area contributed by atoms with E-state index >= 15 is 0 Å². The molecule has 1 nitrogen and oxygen atoms in total. The van der Waals surface area contributed by atoms with Crippen molar-refractivity contribution in [1.82, 2.24) is 0 Å². The molecule has 1 aliphatic carbocycles. The summed E-state index contributed by atoms with van der Waals surface area (Å²) in [6.45, 7) is 0. The van der Waals surface area contributed by atoms with E-state index in [1.807, 2.05) is 12.1 Å². The van der Waals surface area contributed by atoms with Crippen LogP contribution in [0.2, 0.25) is 0 Å². The van der Waals surface area contributed by atoms with Crippen molar-refractivity contribution in [1.29, 1.82) is 0 Å². The first kappa shape index (κ1) is 6.86. The van der Waals surface area contributed by atoms with Gasteiger partial charge in [-0.2, -0.15) is 0 Å². The number of fused-ring (bicyclic) bond motifs is 1. The first-order chi connectivity index (χ1) is 5.36. The lowest BCUT2D eigenvalue weighted by atomic mass is 9.90. The molecule has 1 unspecified atom stereocenters. The van der Waals surface area contributed by atoms with Gasteiger partial charge in [-0.3, -0.25) is 0 Å². The summed E-state index contributed by atoms with van der Waals surface area (Å²) in [6, 6.07) is 8.23. The lowest BCUT2D eigenvalue weighted by Gasteiger charge is -2.19. The maximum atomic E-state index is 9.32. The molecule has 1 aliphatic rings. The fourth-order valence-corrected chi connectivity index (χ4v) is 1.52. The van der Waals surface area contributed by atoms with E-state index < -0.39 is 0 Å². The molecule has 0 spiro atoms. The van der Waals surface area contributed by atoms with Crippen LogP contribution < -0.4 is 0 Å². The number of rotatable bonds is 0. The Bertz CT molecular complexity index is 255. The molecule has 1 atom stereocenters. The average Bonchev–Trinajstić information content (AvgIpc) is 2.04. The second-order valence-electron chi connectivity index (χ2n) is 3.00. The molecule has 1 aromatic rings. The van der Waals surface area contributed by atoms with E-state index in [4.69, 9.17) is 0 Å². The van der Waals surface area contributed by atoms with Crippen molar-refractivity contribution >= 4 is 0 Å². The van der Waals surface area contributed by atoms with E-state index in [2.05, 4.69) is 18.6 Å². The summed E-state index contributed by atoms with van der Waals surface area (Å²) in [5.74, 6) is 0. The van der Waals surface area contributed by atoms with Crippen molar-refractivity contribution in [3.8, 4) is 0 Å². The zero-order valence-electron chi connectivity index (χ0n) is 6.33. The van der Waals surface area contributed by atoms with Gasteiger partial charge in [0, 0.05) is 0 Å². The summed E-state index contributed by atoms with van der Waals surface area (Å²) >= 11 is 0. The maximum absolute atomic E-state index is 9.32. The maximum Gasteiger partial charge on any atom is 0.0586 e. The molecule has 1 heteroatoms. The normalized spacial score (nSPS) is 22.8. The van der Waals surface area contributed by atoms with Gasteiger partial charge in [0.15, 0.2) is 0 Å². The number of aliphatic hydroxyl groups is 1. The molecule has 1 aromatic carbocycles. The molecule has 0 heterocycles. The summed E-state index contributed by atoms with van der Waals surface area (Å²) in [4.78, 5) is 0. The third-order valence-corrected chi connectivity index (χ3v) is 2.12. The van der Waals surface area contributed by atoms with Crippen molar-refractivity contribution in [2.24, 2.45) is 0 Å². The number of hydrogen-bond donors (Lipinski definition) is 1. The second kappa shape index (κ2) is 2.67. The Morgan fingerprint density at radius 1 is 1.27 bits per heavy atom. The predicted octanol–water partition coefficient (Wildman–Crippen LogP) is 1.55. The molecule has 0 aliphatic heterocycles. The molecule has 2 rings (SSSR count). The lowest BCUT2D eigenvalue weighted by molar-refractivity contribution is 0.170. The zero-order chi connectivity index (χ0) is 7.68. The molecule has 0 saturated heterocycles. The van der Waals surface area contributed by atoms with E-state index in [-0.39, 0.29) is 6.10 Å². The Kier molecular flexibility index (Phi) is 1.66. The third-order valence-electron chi connectivity index (χ3n) is 2.12. The Hall–Kier alpha value is -0.820. The van der Waals surface area contributed by atoms with Crippen LogP contribution in [0.25, 0.3) is 0 Å². The van der Waals surface area contributed by atoms with Crippen molar-refractivity contribution in [3.05, 3.63) is 41.8 Å². The minimum Gasteiger partial charge on any atom is -0.393 e. The highest BCUT2D eigenvalue weighted by molar-refractivity contribution is 5.35. The van der Waals surface area contributed by atoms with Gasteiger partial charge in [-0.25, -0.2) is 0 Å². The van der Waals surface area contributed by atoms with E-state index in [1.54, 1.807) is 0 Å². The van der Waals surface area contributed by atoms with Crippen LogP contribution in [0.4, 0.5) is 0 Å². The first-order valence-corrected chi connectivity index (χ1v) is 3.95. The van der Waals surface area contributed by atoms with Crippen molar-refractivity contribution in [3.63, 3.8) is 0 Å². The van der Waals surface area contributed by atoms with Crippen molar-refractivity contribution < 1.29 is 5.11 Å². The second-order valence-corrected chi connectivity index (χ2v) is 3.00.